The fourth-order valence-corrected chi connectivity index (χ4v) is 5.74. The van der Waals surface area contributed by atoms with E-state index in [0.29, 0.717) is 40.1 Å². The Balaban J connectivity index is 2.00. The molecular weight excluding hydrogens is 585 g/mol. The molecule has 0 radical (unpaired) electrons. The molecule has 0 aromatic heterocycles. The van der Waals surface area contributed by atoms with Gasteiger partial charge in [-0.25, -0.2) is 8.42 Å². The Morgan fingerprint density at radius 1 is 0.927 bits per heavy atom. The van der Waals surface area contributed by atoms with Crippen molar-refractivity contribution in [1.82, 2.24) is 10.2 Å². The number of halogens is 2. The number of amides is 2. The molecule has 0 heterocycles. The normalized spacial score (nSPS) is 12.7. The average molecular weight is 621 g/mol. The number of nitrogens with one attached hydrogen (secondary N) is 1. The Labute approximate surface area is 252 Å². The zero-order valence-electron chi connectivity index (χ0n) is 23.5. The summed E-state index contributed by atoms with van der Waals surface area (Å²) in [6.07, 6.45) is 0.710. The molecular formula is C30H35Cl2N3O5S. The molecule has 41 heavy (non-hydrogen) atoms. The molecule has 1 N–H and O–H groups in total. The number of rotatable bonds is 13. The van der Waals surface area contributed by atoms with Crippen molar-refractivity contribution in [3.63, 3.8) is 0 Å². The first kappa shape index (κ1) is 32.2. The van der Waals surface area contributed by atoms with Gasteiger partial charge < -0.3 is 15.0 Å². The number of hydrogen-bond donors (Lipinski definition) is 1. The highest BCUT2D eigenvalue weighted by Crippen LogP contribution is 2.27. The van der Waals surface area contributed by atoms with Gasteiger partial charge in [0.25, 0.3) is 10.0 Å². The Kier molecular flexibility index (Phi) is 11.5. The molecule has 2 amide bonds. The molecule has 0 saturated heterocycles. The van der Waals surface area contributed by atoms with E-state index in [4.69, 9.17) is 27.9 Å². The molecule has 11 heteroatoms. The first-order valence-corrected chi connectivity index (χ1v) is 15.5. The van der Waals surface area contributed by atoms with Crippen molar-refractivity contribution in [3.8, 4) is 5.75 Å². The van der Waals surface area contributed by atoms with Gasteiger partial charge in [0.15, 0.2) is 0 Å². The minimum atomic E-state index is -4.18. The van der Waals surface area contributed by atoms with Crippen LogP contribution in [0.3, 0.4) is 0 Å². The van der Waals surface area contributed by atoms with Crippen molar-refractivity contribution in [3.05, 3.63) is 88.4 Å². The van der Waals surface area contributed by atoms with E-state index >= 15 is 0 Å². The zero-order valence-corrected chi connectivity index (χ0v) is 25.8. The maximum absolute atomic E-state index is 14.0. The van der Waals surface area contributed by atoms with Crippen molar-refractivity contribution in [1.29, 1.82) is 0 Å². The maximum atomic E-state index is 14.0. The van der Waals surface area contributed by atoms with E-state index in [1.54, 1.807) is 67.6 Å². The number of carbonyl (C=O) groups excluding carboxylic acids is 2. The van der Waals surface area contributed by atoms with Crippen LogP contribution >= 0.6 is 23.2 Å². The van der Waals surface area contributed by atoms with Crippen LogP contribution in [0.5, 0.6) is 5.75 Å². The second kappa shape index (κ2) is 14.6. The summed E-state index contributed by atoms with van der Waals surface area (Å²) in [5, 5.41) is 3.56. The summed E-state index contributed by atoms with van der Waals surface area (Å²) < 4.78 is 34.3. The van der Waals surface area contributed by atoms with Crippen LogP contribution in [0.4, 0.5) is 5.69 Å². The molecule has 0 unspecified atom stereocenters. The van der Waals surface area contributed by atoms with Crippen LogP contribution in [0.15, 0.2) is 77.7 Å². The SMILES string of the molecule is CCOc1ccc(S(=O)(=O)N(CC(=O)N(Cc2ccc(Cl)c(Cl)c2)[C@H](C)C(=O)N[C@H](C)CC)c2ccccc2)cc1. The van der Waals surface area contributed by atoms with E-state index in [-0.39, 0.29) is 23.4 Å². The van der Waals surface area contributed by atoms with Gasteiger partial charge in [-0.1, -0.05) is 54.4 Å². The Bertz CT molecular complexity index is 1440. The molecule has 0 aliphatic carbocycles. The lowest BCUT2D eigenvalue weighted by molar-refractivity contribution is -0.139. The van der Waals surface area contributed by atoms with Gasteiger partial charge >= 0.3 is 0 Å². The van der Waals surface area contributed by atoms with Gasteiger partial charge in [0, 0.05) is 12.6 Å². The Morgan fingerprint density at radius 3 is 2.17 bits per heavy atom. The largest absolute Gasteiger partial charge is 0.494 e. The highest BCUT2D eigenvalue weighted by molar-refractivity contribution is 7.92. The fourth-order valence-electron chi connectivity index (χ4n) is 4.01. The van der Waals surface area contributed by atoms with E-state index in [0.717, 1.165) is 4.31 Å². The van der Waals surface area contributed by atoms with Crippen molar-refractivity contribution >= 4 is 50.7 Å². The molecule has 2 atom stereocenters. The second-order valence-electron chi connectivity index (χ2n) is 9.52. The third kappa shape index (κ3) is 8.38. The molecule has 0 bridgehead atoms. The first-order chi connectivity index (χ1) is 19.5. The molecule has 3 aromatic carbocycles. The number of sulfonamides is 1. The van der Waals surface area contributed by atoms with Crippen LogP contribution in [0.25, 0.3) is 0 Å². The number of nitrogens with zero attached hydrogens (tertiary/aromatic N) is 2. The lowest BCUT2D eigenvalue weighted by Gasteiger charge is -2.32. The number of carbonyl (C=O) groups is 2. The molecule has 0 aliphatic heterocycles. The van der Waals surface area contributed by atoms with Crippen molar-refractivity contribution in [2.45, 2.75) is 57.6 Å². The molecule has 0 spiro atoms. The molecule has 0 aliphatic rings. The standard InChI is InChI=1S/C30H35Cl2N3O5S/c1-5-21(3)33-30(37)22(4)34(19-23-12-17-27(31)28(32)18-23)29(36)20-35(24-10-8-7-9-11-24)41(38,39)26-15-13-25(14-16-26)40-6-2/h7-18,21-22H,5-6,19-20H2,1-4H3,(H,33,37)/t21-,22-/m1/s1. The van der Waals surface area contributed by atoms with Crippen LogP contribution in [0.2, 0.25) is 10.0 Å². The lowest BCUT2D eigenvalue weighted by atomic mass is 10.1. The lowest BCUT2D eigenvalue weighted by Crippen LogP contribution is -2.52. The van der Waals surface area contributed by atoms with Gasteiger partial charge in [0.05, 0.1) is 27.2 Å². The van der Waals surface area contributed by atoms with E-state index in [1.165, 1.54) is 17.0 Å². The minimum absolute atomic E-state index is 0.00352. The quantitative estimate of drug-likeness (QED) is 0.256. The van der Waals surface area contributed by atoms with E-state index in [2.05, 4.69) is 5.32 Å². The number of hydrogen-bond acceptors (Lipinski definition) is 5. The van der Waals surface area contributed by atoms with Gasteiger partial charge in [0.1, 0.15) is 18.3 Å². The zero-order chi connectivity index (χ0) is 30.2. The summed E-state index contributed by atoms with van der Waals surface area (Å²) in [5.41, 5.74) is 0.942. The first-order valence-electron chi connectivity index (χ1n) is 13.3. The van der Waals surface area contributed by atoms with Crippen LogP contribution in [0.1, 0.15) is 39.7 Å². The summed E-state index contributed by atoms with van der Waals surface area (Å²) in [4.78, 5) is 28.4. The van der Waals surface area contributed by atoms with E-state index in [9.17, 15) is 18.0 Å². The van der Waals surface area contributed by atoms with Crippen LogP contribution in [-0.2, 0) is 26.2 Å². The Morgan fingerprint density at radius 2 is 1.59 bits per heavy atom. The number of para-hydroxylation sites is 1. The summed E-state index contributed by atoms with van der Waals surface area (Å²) in [6, 6.07) is 18.3. The van der Waals surface area contributed by atoms with Crippen LogP contribution in [-0.4, -0.2) is 50.4 Å². The highest BCUT2D eigenvalue weighted by atomic mass is 35.5. The maximum Gasteiger partial charge on any atom is 0.264 e. The average Bonchev–Trinajstić information content (AvgIpc) is 2.96. The van der Waals surface area contributed by atoms with E-state index < -0.39 is 28.5 Å². The molecule has 0 fully saturated rings. The van der Waals surface area contributed by atoms with Crippen molar-refractivity contribution < 1.29 is 22.7 Å². The van der Waals surface area contributed by atoms with Crippen molar-refractivity contribution in [2.75, 3.05) is 17.5 Å². The van der Waals surface area contributed by atoms with E-state index in [1.807, 2.05) is 20.8 Å². The molecule has 220 valence electrons. The third-order valence-electron chi connectivity index (χ3n) is 6.55. The monoisotopic (exact) mass is 619 g/mol. The predicted molar refractivity (Wildman–Crippen MR) is 163 cm³/mol. The van der Waals surface area contributed by atoms with Crippen LogP contribution < -0.4 is 14.4 Å². The predicted octanol–water partition coefficient (Wildman–Crippen LogP) is 5.92. The molecule has 3 aromatic rings. The molecule has 0 saturated carbocycles. The second-order valence-corrected chi connectivity index (χ2v) is 12.2. The summed E-state index contributed by atoms with van der Waals surface area (Å²) >= 11 is 12.3. The summed E-state index contributed by atoms with van der Waals surface area (Å²) in [5.74, 6) is -0.391. The number of ether oxygens (including phenoxy) is 1. The van der Waals surface area contributed by atoms with Crippen LogP contribution in [0, 0.1) is 0 Å². The number of benzene rings is 3. The minimum Gasteiger partial charge on any atom is -0.494 e. The smallest absolute Gasteiger partial charge is 0.264 e. The van der Waals surface area contributed by atoms with Gasteiger partial charge in [-0.2, -0.15) is 0 Å². The van der Waals surface area contributed by atoms with Crippen molar-refractivity contribution in [2.24, 2.45) is 0 Å². The van der Waals surface area contributed by atoms with Gasteiger partial charge in [-0.05, 0) is 81.3 Å². The van der Waals surface area contributed by atoms with Gasteiger partial charge in [-0.3, -0.25) is 13.9 Å². The van der Waals surface area contributed by atoms with Gasteiger partial charge in [-0.15, -0.1) is 0 Å². The fraction of sp³-hybridized carbons (Fsp3) is 0.333. The topological polar surface area (TPSA) is 96.0 Å². The molecule has 3 rings (SSSR count). The van der Waals surface area contributed by atoms with Gasteiger partial charge in [0.2, 0.25) is 11.8 Å². The summed E-state index contributed by atoms with van der Waals surface area (Å²) in [6.45, 7) is 7.17. The Hall–Kier alpha value is -3.27. The number of anilines is 1. The summed E-state index contributed by atoms with van der Waals surface area (Å²) in [7, 11) is -4.18. The third-order valence-corrected chi connectivity index (χ3v) is 9.08. The highest BCUT2D eigenvalue weighted by Gasteiger charge is 2.32. The molecule has 8 nitrogen and oxygen atoms in total.